The van der Waals surface area contributed by atoms with Crippen molar-refractivity contribution in [2.45, 2.75) is 51.2 Å². The Labute approximate surface area is 223 Å². The number of morpholine rings is 1. The number of hydrogen-bond donors (Lipinski definition) is 0. The molecular formula is C27H36N4O4S2. The number of amides is 1. The van der Waals surface area contributed by atoms with Crippen LogP contribution in [0.4, 0.5) is 5.13 Å². The Morgan fingerprint density at radius 3 is 2.35 bits per heavy atom. The first-order valence-electron chi connectivity index (χ1n) is 12.6. The first kappa shape index (κ1) is 27.7. The largest absolute Gasteiger partial charge is 0.373 e. The molecule has 1 aliphatic rings. The van der Waals surface area contributed by atoms with Crippen LogP contribution in [0.2, 0.25) is 0 Å². The first-order valence-corrected chi connectivity index (χ1v) is 14.8. The molecule has 37 heavy (non-hydrogen) atoms. The molecule has 10 heteroatoms. The van der Waals surface area contributed by atoms with Gasteiger partial charge in [0.2, 0.25) is 10.0 Å². The van der Waals surface area contributed by atoms with E-state index in [1.165, 1.54) is 27.8 Å². The molecule has 0 N–H and O–H groups in total. The predicted octanol–water partition coefficient (Wildman–Crippen LogP) is 4.31. The molecule has 4 rings (SSSR count). The number of hydrogen-bond acceptors (Lipinski definition) is 7. The van der Waals surface area contributed by atoms with Crippen molar-refractivity contribution in [3.05, 3.63) is 53.1 Å². The van der Waals surface area contributed by atoms with Crippen LogP contribution in [-0.2, 0) is 14.8 Å². The average Bonchev–Trinajstić information content (AvgIpc) is 3.25. The smallest absolute Gasteiger partial charge is 0.260 e. The van der Waals surface area contributed by atoms with Crippen LogP contribution < -0.4 is 4.90 Å². The van der Waals surface area contributed by atoms with E-state index in [2.05, 4.69) is 24.0 Å². The van der Waals surface area contributed by atoms with Crippen LogP contribution in [0.1, 0.15) is 41.8 Å². The maximum Gasteiger partial charge on any atom is 0.260 e. The van der Waals surface area contributed by atoms with Gasteiger partial charge in [-0.2, -0.15) is 4.31 Å². The van der Waals surface area contributed by atoms with Crippen LogP contribution in [0.3, 0.4) is 0 Å². The van der Waals surface area contributed by atoms with Crippen molar-refractivity contribution in [1.82, 2.24) is 14.2 Å². The van der Waals surface area contributed by atoms with E-state index >= 15 is 0 Å². The summed E-state index contributed by atoms with van der Waals surface area (Å²) in [5.41, 5.74) is 3.58. The van der Waals surface area contributed by atoms with E-state index in [0.29, 0.717) is 30.3 Å². The van der Waals surface area contributed by atoms with Gasteiger partial charge in [-0.25, -0.2) is 13.4 Å². The third-order valence-corrected chi connectivity index (χ3v) is 9.28. The van der Waals surface area contributed by atoms with Gasteiger partial charge in [0.05, 0.1) is 27.3 Å². The Hall–Kier alpha value is -2.37. The van der Waals surface area contributed by atoms with E-state index in [-0.39, 0.29) is 23.0 Å². The molecule has 0 aliphatic carbocycles. The van der Waals surface area contributed by atoms with Gasteiger partial charge in [0.15, 0.2) is 5.13 Å². The first-order chi connectivity index (χ1) is 17.5. The Kier molecular flexibility index (Phi) is 8.35. The van der Waals surface area contributed by atoms with Crippen LogP contribution in [0, 0.1) is 13.8 Å². The second-order valence-electron chi connectivity index (χ2n) is 10.1. The van der Waals surface area contributed by atoms with E-state index in [9.17, 15) is 13.2 Å². The summed E-state index contributed by atoms with van der Waals surface area (Å²) in [6, 6.07) is 10.4. The highest BCUT2D eigenvalue weighted by molar-refractivity contribution is 7.89. The second-order valence-corrected chi connectivity index (χ2v) is 13.1. The molecule has 0 unspecified atom stereocenters. The van der Waals surface area contributed by atoms with Crippen molar-refractivity contribution in [3.63, 3.8) is 0 Å². The predicted molar refractivity (Wildman–Crippen MR) is 149 cm³/mol. The zero-order chi connectivity index (χ0) is 26.9. The number of sulfonamides is 1. The number of ether oxygens (including phenoxy) is 1. The molecule has 8 nitrogen and oxygen atoms in total. The molecule has 1 aliphatic heterocycles. The number of anilines is 1. The monoisotopic (exact) mass is 544 g/mol. The van der Waals surface area contributed by atoms with Gasteiger partial charge in [0.25, 0.3) is 5.91 Å². The van der Waals surface area contributed by atoms with E-state index in [0.717, 1.165) is 34.3 Å². The summed E-state index contributed by atoms with van der Waals surface area (Å²) in [5.74, 6) is -0.190. The molecular weight excluding hydrogens is 508 g/mol. The Morgan fingerprint density at radius 2 is 1.73 bits per heavy atom. The number of aryl methyl sites for hydroxylation is 2. The summed E-state index contributed by atoms with van der Waals surface area (Å²) in [5, 5.41) is 0.653. The highest BCUT2D eigenvalue weighted by Crippen LogP contribution is 2.33. The highest BCUT2D eigenvalue weighted by atomic mass is 32.2. The molecule has 2 aromatic carbocycles. The summed E-state index contributed by atoms with van der Waals surface area (Å²) in [6.07, 6.45) is 0.444. The standard InChI is InChI=1S/C27H36N4O4S2/c1-18-14-19(2)25-24(15-18)36-27(28-25)31(13-7-12-29(5)6)26(32)22-8-10-23(11-9-22)37(33,34)30-16-20(3)35-21(4)17-30/h8-11,14-15,20-21H,7,12-13,16-17H2,1-6H3/t20-,21-/m1/s1. The minimum Gasteiger partial charge on any atom is -0.373 e. The van der Waals surface area contributed by atoms with Crippen LogP contribution in [0.25, 0.3) is 10.2 Å². The molecule has 0 radical (unpaired) electrons. The molecule has 3 aromatic rings. The summed E-state index contributed by atoms with van der Waals surface area (Å²) in [4.78, 5) is 22.5. The van der Waals surface area contributed by atoms with Crippen LogP contribution in [-0.4, -0.2) is 81.0 Å². The van der Waals surface area contributed by atoms with E-state index < -0.39 is 10.0 Å². The Bertz CT molecular complexity index is 1360. The lowest BCUT2D eigenvalue weighted by molar-refractivity contribution is -0.0440. The number of aromatic nitrogens is 1. The number of rotatable bonds is 8. The number of benzene rings is 2. The number of fused-ring (bicyclic) bond motifs is 1. The van der Waals surface area contributed by atoms with Gasteiger partial charge in [-0.15, -0.1) is 0 Å². The lowest BCUT2D eigenvalue weighted by Crippen LogP contribution is -2.48. The number of thiazole rings is 1. The zero-order valence-corrected chi connectivity index (χ0v) is 24.0. The SMILES string of the molecule is Cc1cc(C)c2nc(N(CCCN(C)C)C(=O)c3ccc(S(=O)(=O)N4C[C@@H](C)O[C@H](C)C4)cc3)sc2c1. The fraction of sp³-hybridized carbons (Fsp3) is 0.481. The topological polar surface area (TPSA) is 83.1 Å². The average molecular weight is 545 g/mol. The van der Waals surface area contributed by atoms with E-state index in [4.69, 9.17) is 9.72 Å². The van der Waals surface area contributed by atoms with Crippen molar-refractivity contribution in [1.29, 1.82) is 0 Å². The summed E-state index contributed by atoms with van der Waals surface area (Å²) < 4.78 is 34.7. The van der Waals surface area contributed by atoms with Crippen LogP contribution >= 0.6 is 11.3 Å². The Morgan fingerprint density at radius 1 is 1.08 bits per heavy atom. The van der Waals surface area contributed by atoms with Crippen molar-refractivity contribution >= 4 is 42.6 Å². The molecule has 2 heterocycles. The third kappa shape index (κ3) is 6.21. The van der Waals surface area contributed by atoms with Crippen LogP contribution in [0.5, 0.6) is 0 Å². The molecule has 1 fully saturated rings. The molecule has 1 amide bonds. The molecule has 200 valence electrons. The number of carbonyl (C=O) groups is 1. The minimum atomic E-state index is -3.68. The molecule has 0 spiro atoms. The molecule has 0 saturated carbocycles. The summed E-state index contributed by atoms with van der Waals surface area (Å²) in [6.45, 7) is 9.79. The maximum absolute atomic E-state index is 13.7. The normalized spacial score (nSPS) is 19.0. The van der Waals surface area contributed by atoms with Gasteiger partial charge in [-0.1, -0.05) is 17.4 Å². The van der Waals surface area contributed by atoms with Gasteiger partial charge >= 0.3 is 0 Å². The van der Waals surface area contributed by atoms with Gasteiger partial charge in [-0.3, -0.25) is 9.69 Å². The van der Waals surface area contributed by atoms with Crippen LogP contribution in [0.15, 0.2) is 41.3 Å². The minimum absolute atomic E-state index is 0.170. The van der Waals surface area contributed by atoms with Crippen molar-refractivity contribution in [2.24, 2.45) is 0 Å². The molecule has 1 aromatic heterocycles. The van der Waals surface area contributed by atoms with Gasteiger partial charge < -0.3 is 9.64 Å². The third-order valence-electron chi connectivity index (χ3n) is 6.41. The highest BCUT2D eigenvalue weighted by Gasteiger charge is 2.32. The van der Waals surface area contributed by atoms with Gasteiger partial charge in [0, 0.05) is 25.2 Å². The molecule has 1 saturated heterocycles. The zero-order valence-electron chi connectivity index (χ0n) is 22.4. The fourth-order valence-corrected chi connectivity index (χ4v) is 7.46. The lowest BCUT2D eigenvalue weighted by atomic mass is 10.1. The van der Waals surface area contributed by atoms with Gasteiger partial charge in [-0.05, 0) is 96.2 Å². The maximum atomic E-state index is 13.7. The van der Waals surface area contributed by atoms with Crippen molar-refractivity contribution in [3.8, 4) is 0 Å². The lowest BCUT2D eigenvalue weighted by Gasteiger charge is -2.34. The molecule has 0 bridgehead atoms. The number of nitrogens with zero attached hydrogens (tertiary/aromatic N) is 4. The van der Waals surface area contributed by atoms with Crippen molar-refractivity contribution < 1.29 is 17.9 Å². The van der Waals surface area contributed by atoms with E-state index in [1.807, 2.05) is 34.9 Å². The van der Waals surface area contributed by atoms with Crippen molar-refractivity contribution in [2.75, 3.05) is 45.2 Å². The summed E-state index contributed by atoms with van der Waals surface area (Å²) in [7, 11) is 0.330. The van der Waals surface area contributed by atoms with Gasteiger partial charge in [0.1, 0.15) is 0 Å². The summed E-state index contributed by atoms with van der Waals surface area (Å²) >= 11 is 1.51. The number of carbonyl (C=O) groups excluding carboxylic acids is 1. The van der Waals surface area contributed by atoms with E-state index in [1.54, 1.807) is 17.0 Å². The molecule has 2 atom stereocenters. The fourth-order valence-electron chi connectivity index (χ4n) is 4.70. The Balaban J connectivity index is 1.62. The second kappa shape index (κ2) is 11.2. The quantitative estimate of drug-likeness (QED) is 0.420.